The summed E-state index contributed by atoms with van der Waals surface area (Å²) in [6, 6.07) is -0.147. The molecule has 1 aliphatic rings. The number of H-pyrrole nitrogens is 2. The number of carboxylic acid groups (broad SMARTS) is 1. The van der Waals surface area contributed by atoms with Crippen LogP contribution in [-0.2, 0) is 4.79 Å². The van der Waals surface area contributed by atoms with E-state index < -0.39 is 17.6 Å². The smallest absolute Gasteiger partial charge is 0.323 e. The van der Waals surface area contributed by atoms with E-state index in [1.807, 2.05) is 6.92 Å². The van der Waals surface area contributed by atoms with Crippen molar-refractivity contribution in [2.24, 2.45) is 5.92 Å². The number of amides is 1. The van der Waals surface area contributed by atoms with Crippen molar-refractivity contribution in [2.45, 2.75) is 25.8 Å². The number of nitrogens with zero attached hydrogens (tertiary/aromatic N) is 1. The molecule has 0 radical (unpaired) electrons. The van der Waals surface area contributed by atoms with Crippen LogP contribution < -0.4 is 5.69 Å². The Kier molecular flexibility index (Phi) is 3.22. The van der Waals surface area contributed by atoms with Crippen LogP contribution in [0.5, 0.6) is 0 Å². The molecule has 3 N–H and O–H groups in total. The molecule has 1 amide bonds. The summed E-state index contributed by atoms with van der Waals surface area (Å²) in [5.41, 5.74) is -0.216. The van der Waals surface area contributed by atoms with Gasteiger partial charge in [0.2, 0.25) is 0 Å². The second-order valence-corrected chi connectivity index (χ2v) is 4.56. The van der Waals surface area contributed by atoms with Gasteiger partial charge in [0, 0.05) is 18.8 Å². The number of piperidine rings is 1. The first-order valence-corrected chi connectivity index (χ1v) is 5.80. The first-order chi connectivity index (χ1) is 8.49. The fourth-order valence-corrected chi connectivity index (χ4v) is 2.30. The molecule has 1 aromatic rings. The SMILES string of the molecule is CC1CC(C(=O)O)CCN1C(=O)c1c[nH]c(=O)[nH]1. The summed E-state index contributed by atoms with van der Waals surface area (Å²) in [6.45, 7) is 2.21. The van der Waals surface area contributed by atoms with Crippen LogP contribution in [0.4, 0.5) is 0 Å². The van der Waals surface area contributed by atoms with Gasteiger partial charge >= 0.3 is 11.7 Å². The summed E-state index contributed by atoms with van der Waals surface area (Å²) in [7, 11) is 0. The lowest BCUT2D eigenvalue weighted by Crippen LogP contribution is -2.46. The van der Waals surface area contributed by atoms with Gasteiger partial charge in [-0.25, -0.2) is 4.79 Å². The van der Waals surface area contributed by atoms with Crippen LogP contribution in [0.3, 0.4) is 0 Å². The van der Waals surface area contributed by atoms with Gasteiger partial charge in [-0.2, -0.15) is 0 Å². The van der Waals surface area contributed by atoms with E-state index in [4.69, 9.17) is 5.11 Å². The first kappa shape index (κ1) is 12.4. The van der Waals surface area contributed by atoms with Gasteiger partial charge in [0.05, 0.1) is 5.92 Å². The topological polar surface area (TPSA) is 106 Å². The molecule has 2 unspecified atom stereocenters. The predicted molar refractivity (Wildman–Crippen MR) is 62.3 cm³/mol. The summed E-state index contributed by atoms with van der Waals surface area (Å²) < 4.78 is 0. The van der Waals surface area contributed by atoms with Gasteiger partial charge in [-0.05, 0) is 19.8 Å². The number of carbonyl (C=O) groups is 2. The van der Waals surface area contributed by atoms with Gasteiger partial charge in [0.25, 0.3) is 5.91 Å². The van der Waals surface area contributed by atoms with E-state index in [-0.39, 0.29) is 17.6 Å². The van der Waals surface area contributed by atoms with Crippen molar-refractivity contribution >= 4 is 11.9 Å². The number of imidazole rings is 1. The molecular weight excluding hydrogens is 238 g/mol. The summed E-state index contributed by atoms with van der Waals surface area (Å²) in [4.78, 5) is 40.3. The molecule has 7 heteroatoms. The Bertz CT molecular complexity index is 518. The molecule has 0 aromatic carbocycles. The number of carboxylic acids is 1. The van der Waals surface area contributed by atoms with E-state index in [1.54, 1.807) is 4.90 Å². The van der Waals surface area contributed by atoms with E-state index in [1.165, 1.54) is 6.20 Å². The number of aromatic nitrogens is 2. The molecule has 0 bridgehead atoms. The van der Waals surface area contributed by atoms with Crippen molar-refractivity contribution in [1.82, 2.24) is 14.9 Å². The first-order valence-electron chi connectivity index (χ1n) is 5.80. The third kappa shape index (κ3) is 2.29. The van der Waals surface area contributed by atoms with Crippen molar-refractivity contribution in [3.63, 3.8) is 0 Å². The molecule has 1 saturated heterocycles. The molecule has 0 spiro atoms. The van der Waals surface area contributed by atoms with E-state index in [0.29, 0.717) is 19.4 Å². The highest BCUT2D eigenvalue weighted by molar-refractivity contribution is 5.92. The van der Waals surface area contributed by atoms with E-state index in [0.717, 1.165) is 0 Å². The Hall–Kier alpha value is -2.05. The van der Waals surface area contributed by atoms with Gasteiger partial charge in [0.1, 0.15) is 5.69 Å². The highest BCUT2D eigenvalue weighted by Crippen LogP contribution is 2.23. The summed E-state index contributed by atoms with van der Waals surface area (Å²) in [6.07, 6.45) is 2.22. The molecule has 0 saturated carbocycles. The van der Waals surface area contributed by atoms with Crippen LogP contribution in [0.1, 0.15) is 30.3 Å². The molecule has 1 aromatic heterocycles. The minimum Gasteiger partial charge on any atom is -0.481 e. The van der Waals surface area contributed by atoms with Crippen LogP contribution in [0.15, 0.2) is 11.0 Å². The number of aliphatic carboxylic acids is 1. The van der Waals surface area contributed by atoms with Crippen molar-refractivity contribution in [3.8, 4) is 0 Å². The molecule has 0 aliphatic carbocycles. The third-order valence-electron chi connectivity index (χ3n) is 3.31. The molecule has 2 heterocycles. The lowest BCUT2D eigenvalue weighted by molar-refractivity contribution is -0.143. The van der Waals surface area contributed by atoms with Crippen LogP contribution >= 0.6 is 0 Å². The van der Waals surface area contributed by atoms with Crippen molar-refractivity contribution in [3.05, 3.63) is 22.4 Å². The van der Waals surface area contributed by atoms with Gasteiger partial charge in [-0.1, -0.05) is 0 Å². The Morgan fingerprint density at radius 2 is 2.22 bits per heavy atom. The Balaban J connectivity index is 2.09. The zero-order chi connectivity index (χ0) is 13.3. The normalized spacial score (nSPS) is 23.9. The maximum atomic E-state index is 12.1. The minimum atomic E-state index is -0.816. The van der Waals surface area contributed by atoms with Crippen molar-refractivity contribution in [1.29, 1.82) is 0 Å². The number of aromatic amines is 2. The Labute approximate surface area is 103 Å². The highest BCUT2D eigenvalue weighted by atomic mass is 16.4. The van der Waals surface area contributed by atoms with Gasteiger partial charge in [0.15, 0.2) is 0 Å². The van der Waals surface area contributed by atoms with Gasteiger partial charge in [-0.3, -0.25) is 9.59 Å². The molecule has 2 rings (SSSR count). The van der Waals surface area contributed by atoms with Crippen LogP contribution in [0.2, 0.25) is 0 Å². The fraction of sp³-hybridized carbons (Fsp3) is 0.545. The summed E-state index contributed by atoms with van der Waals surface area (Å²) in [5.74, 6) is -1.48. The van der Waals surface area contributed by atoms with Gasteiger partial charge in [-0.15, -0.1) is 0 Å². The lowest BCUT2D eigenvalue weighted by atomic mass is 9.91. The Morgan fingerprint density at radius 1 is 1.50 bits per heavy atom. The Morgan fingerprint density at radius 3 is 2.72 bits per heavy atom. The molecular formula is C11H15N3O4. The summed E-state index contributed by atoms with van der Waals surface area (Å²) >= 11 is 0. The number of nitrogens with one attached hydrogen (secondary N) is 2. The zero-order valence-electron chi connectivity index (χ0n) is 9.97. The maximum Gasteiger partial charge on any atom is 0.323 e. The third-order valence-corrected chi connectivity index (χ3v) is 3.31. The molecule has 18 heavy (non-hydrogen) atoms. The van der Waals surface area contributed by atoms with E-state index in [9.17, 15) is 14.4 Å². The number of hydrogen-bond acceptors (Lipinski definition) is 3. The van der Waals surface area contributed by atoms with E-state index >= 15 is 0 Å². The molecule has 1 aliphatic heterocycles. The monoisotopic (exact) mass is 253 g/mol. The number of hydrogen-bond donors (Lipinski definition) is 3. The van der Waals surface area contributed by atoms with Crippen LogP contribution in [-0.4, -0.2) is 44.4 Å². The van der Waals surface area contributed by atoms with Crippen molar-refractivity contribution in [2.75, 3.05) is 6.54 Å². The second-order valence-electron chi connectivity index (χ2n) is 4.56. The van der Waals surface area contributed by atoms with Gasteiger partial charge < -0.3 is 20.0 Å². The number of rotatable bonds is 2. The summed E-state index contributed by atoms with van der Waals surface area (Å²) in [5, 5.41) is 8.95. The van der Waals surface area contributed by atoms with Crippen LogP contribution in [0.25, 0.3) is 0 Å². The largest absolute Gasteiger partial charge is 0.481 e. The average Bonchev–Trinajstić information content (AvgIpc) is 2.74. The number of carbonyl (C=O) groups excluding carboxylic acids is 1. The van der Waals surface area contributed by atoms with Crippen molar-refractivity contribution < 1.29 is 14.7 Å². The molecule has 1 fully saturated rings. The molecule has 98 valence electrons. The standard InChI is InChI=1S/C11H15N3O4/c1-6-4-7(10(16)17)2-3-14(6)9(15)8-5-12-11(18)13-8/h5-7H,2-4H2,1H3,(H,16,17)(H2,12,13,18). The molecule has 2 atom stereocenters. The fourth-order valence-electron chi connectivity index (χ4n) is 2.30. The maximum absolute atomic E-state index is 12.1. The quantitative estimate of drug-likeness (QED) is 0.691. The number of likely N-dealkylation sites (tertiary alicyclic amines) is 1. The average molecular weight is 253 g/mol. The van der Waals surface area contributed by atoms with E-state index in [2.05, 4.69) is 9.97 Å². The lowest BCUT2D eigenvalue weighted by Gasteiger charge is -2.35. The minimum absolute atomic E-state index is 0.147. The van der Waals surface area contributed by atoms with Crippen LogP contribution in [0, 0.1) is 5.92 Å². The zero-order valence-corrected chi connectivity index (χ0v) is 9.97. The molecule has 7 nitrogen and oxygen atoms in total. The highest BCUT2D eigenvalue weighted by Gasteiger charge is 2.32. The second kappa shape index (κ2) is 4.67. The predicted octanol–water partition coefficient (Wildman–Crippen LogP) is 0.0283.